The lowest BCUT2D eigenvalue weighted by atomic mass is 10.2. The first-order valence-corrected chi connectivity index (χ1v) is 7.42. The third-order valence-electron chi connectivity index (χ3n) is 3.81. The summed E-state index contributed by atoms with van der Waals surface area (Å²) < 4.78 is 7.81. The van der Waals surface area contributed by atoms with Crippen molar-refractivity contribution in [2.75, 3.05) is 0 Å². The Kier molecular flexibility index (Phi) is 3.68. The van der Waals surface area contributed by atoms with Gasteiger partial charge in [0.15, 0.2) is 5.75 Å². The Hall–Kier alpha value is -1.88. The minimum Gasteiger partial charge on any atom is -0.435 e. The molecule has 3 rings (SSSR count). The molecule has 2 aromatic rings. The van der Waals surface area contributed by atoms with Gasteiger partial charge in [0.25, 0.3) is 0 Å². The molecule has 0 spiro atoms. The van der Waals surface area contributed by atoms with Crippen molar-refractivity contribution in [2.24, 2.45) is 7.05 Å². The van der Waals surface area contributed by atoms with Gasteiger partial charge in [-0.1, -0.05) is 0 Å². The van der Waals surface area contributed by atoms with Gasteiger partial charge in [-0.15, -0.1) is 0 Å². The molecule has 1 saturated carbocycles. The number of rotatable bonds is 5. The first-order chi connectivity index (χ1) is 10.0. The van der Waals surface area contributed by atoms with E-state index in [1.807, 2.05) is 38.6 Å². The molecule has 5 heteroatoms. The summed E-state index contributed by atoms with van der Waals surface area (Å²) in [5.41, 5.74) is 4.08. The van der Waals surface area contributed by atoms with Crippen LogP contribution >= 0.6 is 0 Å². The lowest BCUT2D eigenvalue weighted by Gasteiger charge is -2.09. The average molecular weight is 286 g/mol. The van der Waals surface area contributed by atoms with Gasteiger partial charge in [-0.05, 0) is 45.2 Å². The Morgan fingerprint density at radius 2 is 2.05 bits per heavy atom. The zero-order valence-electron chi connectivity index (χ0n) is 13.1. The van der Waals surface area contributed by atoms with Crippen molar-refractivity contribution >= 4 is 0 Å². The topological polar surface area (TPSA) is 52.0 Å². The molecule has 1 aliphatic rings. The fourth-order valence-electron chi connectivity index (χ4n) is 2.42. The Morgan fingerprint density at radius 1 is 1.29 bits per heavy atom. The molecule has 1 N–H and O–H groups in total. The number of nitrogens with one attached hydrogen (secondary N) is 1. The largest absolute Gasteiger partial charge is 0.435 e. The molecule has 0 saturated heterocycles. The van der Waals surface area contributed by atoms with Gasteiger partial charge in [0.2, 0.25) is 5.88 Å². The second kappa shape index (κ2) is 5.48. The van der Waals surface area contributed by atoms with Crippen molar-refractivity contribution in [3.63, 3.8) is 0 Å². The van der Waals surface area contributed by atoms with Crippen LogP contribution in [0.15, 0.2) is 12.1 Å². The van der Waals surface area contributed by atoms with E-state index in [9.17, 15) is 0 Å². The number of aryl methyl sites for hydroxylation is 3. The van der Waals surface area contributed by atoms with Crippen molar-refractivity contribution in [1.29, 1.82) is 0 Å². The first kappa shape index (κ1) is 14.1. The van der Waals surface area contributed by atoms with Crippen LogP contribution in [0, 0.1) is 20.8 Å². The highest BCUT2D eigenvalue weighted by Gasteiger charge is 2.20. The van der Waals surface area contributed by atoms with Gasteiger partial charge in [-0.2, -0.15) is 5.10 Å². The third-order valence-corrected chi connectivity index (χ3v) is 3.81. The van der Waals surface area contributed by atoms with Gasteiger partial charge >= 0.3 is 0 Å². The smallest absolute Gasteiger partial charge is 0.219 e. The van der Waals surface area contributed by atoms with E-state index >= 15 is 0 Å². The molecule has 0 aromatic carbocycles. The van der Waals surface area contributed by atoms with Crippen LogP contribution in [0.2, 0.25) is 0 Å². The SMILES string of the molecule is Cc1cc(CNC2CC2)cc(Oc2c(C)nn(C)c2C)n1. The lowest BCUT2D eigenvalue weighted by Crippen LogP contribution is -2.15. The van der Waals surface area contributed by atoms with Crippen LogP contribution in [-0.4, -0.2) is 20.8 Å². The fraction of sp³-hybridized carbons (Fsp3) is 0.500. The van der Waals surface area contributed by atoms with Crippen molar-refractivity contribution in [2.45, 2.75) is 46.2 Å². The number of hydrogen-bond donors (Lipinski definition) is 1. The molecule has 5 nitrogen and oxygen atoms in total. The van der Waals surface area contributed by atoms with Crippen molar-refractivity contribution in [3.05, 3.63) is 34.8 Å². The highest BCUT2D eigenvalue weighted by atomic mass is 16.5. The molecular weight excluding hydrogens is 264 g/mol. The number of aromatic nitrogens is 3. The van der Waals surface area contributed by atoms with Crippen LogP contribution in [-0.2, 0) is 13.6 Å². The summed E-state index contributed by atoms with van der Waals surface area (Å²) in [6.07, 6.45) is 2.59. The van der Waals surface area contributed by atoms with Crippen molar-refractivity contribution in [3.8, 4) is 11.6 Å². The average Bonchev–Trinajstić information content (AvgIpc) is 3.21. The first-order valence-electron chi connectivity index (χ1n) is 7.42. The van der Waals surface area contributed by atoms with E-state index in [4.69, 9.17) is 4.74 Å². The monoisotopic (exact) mass is 286 g/mol. The van der Waals surface area contributed by atoms with Crippen LogP contribution in [0.3, 0.4) is 0 Å². The van der Waals surface area contributed by atoms with Crippen LogP contribution in [0.1, 0.15) is 35.5 Å². The zero-order valence-corrected chi connectivity index (χ0v) is 13.1. The molecule has 0 atom stereocenters. The van der Waals surface area contributed by atoms with Gasteiger partial charge in [0.1, 0.15) is 5.69 Å². The Labute approximate surface area is 125 Å². The molecule has 1 fully saturated rings. The van der Waals surface area contributed by atoms with Crippen molar-refractivity contribution in [1.82, 2.24) is 20.1 Å². The van der Waals surface area contributed by atoms with E-state index in [1.54, 1.807) is 0 Å². The maximum atomic E-state index is 5.98. The fourth-order valence-corrected chi connectivity index (χ4v) is 2.42. The summed E-state index contributed by atoms with van der Waals surface area (Å²) in [6.45, 7) is 6.82. The summed E-state index contributed by atoms with van der Waals surface area (Å²) in [6, 6.07) is 4.81. The predicted molar refractivity (Wildman–Crippen MR) is 81.6 cm³/mol. The van der Waals surface area contributed by atoms with Gasteiger partial charge < -0.3 is 10.1 Å². The van der Waals surface area contributed by atoms with Crippen LogP contribution in [0.4, 0.5) is 0 Å². The van der Waals surface area contributed by atoms with Crippen LogP contribution < -0.4 is 10.1 Å². The minimum absolute atomic E-state index is 0.641. The van der Waals surface area contributed by atoms with Gasteiger partial charge in [-0.25, -0.2) is 4.98 Å². The molecule has 2 aromatic heterocycles. The quantitative estimate of drug-likeness (QED) is 0.918. The lowest BCUT2D eigenvalue weighted by molar-refractivity contribution is 0.452. The zero-order chi connectivity index (χ0) is 15.0. The van der Waals surface area contributed by atoms with Crippen LogP contribution in [0.25, 0.3) is 0 Å². The summed E-state index contributed by atoms with van der Waals surface area (Å²) in [5.74, 6) is 1.44. The number of hydrogen-bond acceptors (Lipinski definition) is 4. The summed E-state index contributed by atoms with van der Waals surface area (Å²) >= 11 is 0. The van der Waals surface area contributed by atoms with E-state index in [1.165, 1.54) is 18.4 Å². The van der Waals surface area contributed by atoms with E-state index in [0.717, 1.165) is 29.4 Å². The second-order valence-corrected chi connectivity index (χ2v) is 5.84. The summed E-state index contributed by atoms with van der Waals surface area (Å²) in [5, 5.41) is 7.89. The summed E-state index contributed by atoms with van der Waals surface area (Å²) in [7, 11) is 1.92. The molecule has 2 heterocycles. The Balaban J connectivity index is 1.80. The maximum absolute atomic E-state index is 5.98. The van der Waals surface area contributed by atoms with Crippen LogP contribution in [0.5, 0.6) is 11.6 Å². The highest BCUT2D eigenvalue weighted by Crippen LogP contribution is 2.28. The maximum Gasteiger partial charge on any atom is 0.219 e. The number of nitrogens with zero attached hydrogens (tertiary/aromatic N) is 3. The molecule has 0 unspecified atom stereocenters. The second-order valence-electron chi connectivity index (χ2n) is 5.84. The molecule has 0 radical (unpaired) electrons. The minimum atomic E-state index is 0.641. The molecule has 0 bridgehead atoms. The van der Waals surface area contributed by atoms with Gasteiger partial charge in [-0.3, -0.25) is 4.68 Å². The summed E-state index contributed by atoms with van der Waals surface area (Å²) in [4.78, 5) is 4.48. The van der Waals surface area contributed by atoms with Crippen molar-refractivity contribution < 1.29 is 4.74 Å². The number of pyridine rings is 1. The Morgan fingerprint density at radius 3 is 2.67 bits per heavy atom. The predicted octanol–water partition coefficient (Wildman–Crippen LogP) is 2.78. The normalized spacial score (nSPS) is 14.5. The number of ether oxygens (including phenoxy) is 1. The highest BCUT2D eigenvalue weighted by molar-refractivity contribution is 5.36. The standard InChI is InChI=1S/C16H22N4O/c1-10-7-13(9-17-14-5-6-14)8-15(18-10)21-16-11(2)19-20(4)12(16)3/h7-8,14,17H,5-6,9H2,1-4H3. The molecule has 1 aliphatic carbocycles. The molecule has 112 valence electrons. The third kappa shape index (κ3) is 3.24. The van der Waals surface area contributed by atoms with E-state index in [2.05, 4.69) is 21.5 Å². The molecule has 21 heavy (non-hydrogen) atoms. The Bertz CT molecular complexity index is 659. The van der Waals surface area contributed by atoms with Gasteiger partial charge in [0, 0.05) is 31.4 Å². The molecular formula is C16H22N4O. The van der Waals surface area contributed by atoms with E-state index in [0.29, 0.717) is 11.9 Å². The molecule has 0 amide bonds. The molecule has 0 aliphatic heterocycles. The van der Waals surface area contributed by atoms with E-state index < -0.39 is 0 Å². The van der Waals surface area contributed by atoms with E-state index in [-0.39, 0.29) is 0 Å². The van der Waals surface area contributed by atoms with Gasteiger partial charge in [0.05, 0.1) is 5.69 Å².